The van der Waals surface area contributed by atoms with E-state index in [-0.39, 0.29) is 0 Å². The summed E-state index contributed by atoms with van der Waals surface area (Å²) < 4.78 is 0. The Hall–Kier alpha value is -3.49. The van der Waals surface area contributed by atoms with Crippen molar-refractivity contribution in [1.29, 1.82) is 0 Å². The number of halogens is 1. The molecule has 0 radical (unpaired) electrons. The van der Waals surface area contributed by atoms with Gasteiger partial charge in [-0.2, -0.15) is 0 Å². The van der Waals surface area contributed by atoms with Crippen molar-refractivity contribution in [3.63, 3.8) is 0 Å². The van der Waals surface area contributed by atoms with Crippen molar-refractivity contribution >= 4 is 34.4 Å². The molecule has 0 unspecified atom stereocenters. The van der Waals surface area contributed by atoms with Gasteiger partial charge in [-0.1, -0.05) is 96.5 Å². The lowest BCUT2D eigenvalue weighted by atomic mass is 9.91. The first kappa shape index (κ1) is 17.6. The number of aliphatic imine (C=N–C) groups is 2. The Kier molecular flexibility index (Phi) is 4.55. The SMILES string of the molecule is Clc1ccc2c(c1)N=C(c1ccccc1)c1ccccc1C(c1ccccc1)=N2. The van der Waals surface area contributed by atoms with Gasteiger partial charge in [0.2, 0.25) is 0 Å². The number of fused-ring (bicyclic) bond motifs is 2. The highest BCUT2D eigenvalue weighted by molar-refractivity contribution is 6.31. The summed E-state index contributed by atoms with van der Waals surface area (Å²) in [6.07, 6.45) is 0. The van der Waals surface area contributed by atoms with Crippen molar-refractivity contribution in [3.8, 4) is 0 Å². The molecule has 0 N–H and O–H groups in total. The normalized spacial score (nSPS) is 12.7. The fourth-order valence-electron chi connectivity index (χ4n) is 3.57. The summed E-state index contributed by atoms with van der Waals surface area (Å²) in [7, 11) is 0. The van der Waals surface area contributed by atoms with Gasteiger partial charge in [-0.05, 0) is 18.2 Å². The molecule has 0 saturated heterocycles. The molecule has 2 nitrogen and oxygen atoms in total. The van der Waals surface area contributed by atoms with E-state index in [4.69, 9.17) is 21.6 Å². The van der Waals surface area contributed by atoms with Gasteiger partial charge in [-0.25, -0.2) is 9.98 Å². The minimum atomic E-state index is 0.644. The van der Waals surface area contributed by atoms with E-state index in [1.807, 2.05) is 66.7 Å². The molecule has 1 aliphatic rings. The molecule has 0 fully saturated rings. The minimum absolute atomic E-state index is 0.644. The number of rotatable bonds is 2. The van der Waals surface area contributed by atoms with Crippen LogP contribution in [0.15, 0.2) is 113 Å². The predicted molar refractivity (Wildman–Crippen MR) is 121 cm³/mol. The number of hydrogen-bond acceptors (Lipinski definition) is 2. The second-order valence-electron chi connectivity index (χ2n) is 6.83. The summed E-state index contributed by atoms with van der Waals surface area (Å²) in [5, 5.41) is 0.644. The number of benzene rings is 4. The van der Waals surface area contributed by atoms with Crippen molar-refractivity contribution in [3.05, 3.63) is 130 Å². The fraction of sp³-hybridized carbons (Fsp3) is 0. The number of hydrogen-bond donors (Lipinski definition) is 0. The fourth-order valence-corrected chi connectivity index (χ4v) is 3.74. The van der Waals surface area contributed by atoms with E-state index in [1.165, 1.54) is 0 Å². The van der Waals surface area contributed by atoms with E-state index in [9.17, 15) is 0 Å². The maximum atomic E-state index is 6.30. The maximum Gasteiger partial charge on any atom is 0.0909 e. The van der Waals surface area contributed by atoms with E-state index in [0.717, 1.165) is 45.1 Å². The number of nitrogens with zero attached hydrogens (tertiary/aromatic N) is 2. The van der Waals surface area contributed by atoms with Crippen molar-refractivity contribution in [2.75, 3.05) is 0 Å². The van der Waals surface area contributed by atoms with Gasteiger partial charge in [0.15, 0.2) is 0 Å². The predicted octanol–water partition coefficient (Wildman–Crippen LogP) is 6.99. The standard InChI is InChI=1S/C26H17ClN2/c27-20-15-16-23-24(17-20)29-26(19-11-5-2-6-12-19)22-14-8-7-13-21(22)25(28-23)18-9-3-1-4-10-18/h1-17H. The Morgan fingerprint density at radius 2 is 0.966 bits per heavy atom. The van der Waals surface area contributed by atoms with Crippen molar-refractivity contribution in [2.45, 2.75) is 0 Å². The molecule has 3 heteroatoms. The zero-order valence-electron chi connectivity index (χ0n) is 15.6. The van der Waals surface area contributed by atoms with Gasteiger partial charge < -0.3 is 0 Å². The topological polar surface area (TPSA) is 24.7 Å². The third kappa shape index (κ3) is 3.39. The van der Waals surface area contributed by atoms with E-state index in [2.05, 4.69) is 36.4 Å². The van der Waals surface area contributed by atoms with Gasteiger partial charge in [0.25, 0.3) is 0 Å². The van der Waals surface area contributed by atoms with Crippen LogP contribution >= 0.6 is 11.6 Å². The molecule has 1 aliphatic heterocycles. The summed E-state index contributed by atoms with van der Waals surface area (Å²) in [5.41, 5.74) is 7.63. The lowest BCUT2D eigenvalue weighted by Crippen LogP contribution is -2.14. The van der Waals surface area contributed by atoms with Crippen LogP contribution in [0.1, 0.15) is 22.3 Å². The van der Waals surface area contributed by atoms with Crippen LogP contribution in [-0.4, -0.2) is 11.4 Å². The van der Waals surface area contributed by atoms with Crippen molar-refractivity contribution in [1.82, 2.24) is 0 Å². The minimum Gasteiger partial charge on any atom is -0.245 e. The summed E-state index contributed by atoms with van der Waals surface area (Å²) in [4.78, 5) is 10.1. The van der Waals surface area contributed by atoms with Crippen molar-refractivity contribution < 1.29 is 0 Å². The summed E-state index contributed by atoms with van der Waals surface area (Å²) in [6, 6.07) is 34.5. The van der Waals surface area contributed by atoms with Crippen LogP contribution in [0.5, 0.6) is 0 Å². The maximum absolute atomic E-state index is 6.30. The van der Waals surface area contributed by atoms with Gasteiger partial charge in [-0.3, -0.25) is 0 Å². The third-order valence-electron chi connectivity index (χ3n) is 4.93. The molecule has 5 rings (SSSR count). The molecule has 0 spiro atoms. The van der Waals surface area contributed by atoms with Crippen LogP contribution in [0, 0.1) is 0 Å². The van der Waals surface area contributed by atoms with Crippen LogP contribution in [0.4, 0.5) is 11.4 Å². The van der Waals surface area contributed by atoms with E-state index < -0.39 is 0 Å². The molecule has 0 aromatic heterocycles. The van der Waals surface area contributed by atoms with Gasteiger partial charge in [0, 0.05) is 27.3 Å². The average Bonchev–Trinajstić information content (AvgIpc) is 2.77. The highest BCUT2D eigenvalue weighted by Gasteiger charge is 2.20. The Morgan fingerprint density at radius 1 is 0.483 bits per heavy atom. The van der Waals surface area contributed by atoms with Gasteiger partial charge in [-0.15, -0.1) is 0 Å². The van der Waals surface area contributed by atoms with Crippen LogP contribution in [0.2, 0.25) is 5.02 Å². The van der Waals surface area contributed by atoms with Crippen molar-refractivity contribution in [2.24, 2.45) is 9.98 Å². The van der Waals surface area contributed by atoms with Gasteiger partial charge in [0.1, 0.15) is 0 Å². The first-order chi connectivity index (χ1) is 14.3. The Balaban J connectivity index is 1.86. The molecule has 29 heavy (non-hydrogen) atoms. The summed E-state index contributed by atoms with van der Waals surface area (Å²) in [5.74, 6) is 0. The van der Waals surface area contributed by atoms with E-state index in [1.54, 1.807) is 0 Å². The Morgan fingerprint density at radius 3 is 1.52 bits per heavy atom. The second kappa shape index (κ2) is 7.50. The quantitative estimate of drug-likeness (QED) is 0.309. The smallest absolute Gasteiger partial charge is 0.0909 e. The molecular weight excluding hydrogens is 376 g/mol. The first-order valence-corrected chi connectivity index (χ1v) is 9.85. The second-order valence-corrected chi connectivity index (χ2v) is 7.27. The first-order valence-electron chi connectivity index (χ1n) is 9.47. The van der Waals surface area contributed by atoms with E-state index in [0.29, 0.717) is 5.02 Å². The molecule has 4 aromatic carbocycles. The molecule has 0 atom stereocenters. The molecule has 0 saturated carbocycles. The highest BCUT2D eigenvalue weighted by Crippen LogP contribution is 2.36. The lowest BCUT2D eigenvalue weighted by molar-refractivity contribution is 1.39. The summed E-state index contributed by atoms with van der Waals surface area (Å²) >= 11 is 6.30. The molecule has 4 aromatic rings. The van der Waals surface area contributed by atoms with Crippen LogP contribution in [0.25, 0.3) is 0 Å². The monoisotopic (exact) mass is 392 g/mol. The summed E-state index contributed by atoms with van der Waals surface area (Å²) in [6.45, 7) is 0. The zero-order chi connectivity index (χ0) is 19.6. The third-order valence-corrected chi connectivity index (χ3v) is 5.17. The van der Waals surface area contributed by atoms with Gasteiger partial charge in [0.05, 0.1) is 22.8 Å². The largest absolute Gasteiger partial charge is 0.245 e. The lowest BCUT2D eigenvalue weighted by Gasteiger charge is -2.18. The van der Waals surface area contributed by atoms with Crippen LogP contribution < -0.4 is 0 Å². The average molecular weight is 393 g/mol. The molecule has 0 bridgehead atoms. The molecule has 138 valence electrons. The molecular formula is C26H17ClN2. The van der Waals surface area contributed by atoms with E-state index >= 15 is 0 Å². The molecule has 1 heterocycles. The van der Waals surface area contributed by atoms with Crippen LogP contribution in [0.3, 0.4) is 0 Å². The van der Waals surface area contributed by atoms with Crippen LogP contribution in [-0.2, 0) is 0 Å². The Bertz CT molecular complexity index is 1240. The highest BCUT2D eigenvalue weighted by atomic mass is 35.5. The Labute approximate surface area is 174 Å². The zero-order valence-corrected chi connectivity index (χ0v) is 16.3. The molecule has 0 amide bonds. The van der Waals surface area contributed by atoms with Gasteiger partial charge >= 0.3 is 0 Å². The molecule has 0 aliphatic carbocycles.